The van der Waals surface area contributed by atoms with Crippen LogP contribution >= 0.6 is 11.8 Å². The molecule has 0 spiro atoms. The molecule has 0 aliphatic heterocycles. The molecular weight excluding hydrogens is 324 g/mol. The van der Waals surface area contributed by atoms with E-state index in [1.807, 2.05) is 0 Å². The van der Waals surface area contributed by atoms with Gasteiger partial charge in [-0.1, -0.05) is 31.4 Å². The van der Waals surface area contributed by atoms with E-state index < -0.39 is 16.1 Å². The number of rotatable bonds is 7. The van der Waals surface area contributed by atoms with Gasteiger partial charge in [-0.3, -0.25) is 0 Å². The third-order valence-corrected chi connectivity index (χ3v) is 5.70. The average Bonchev–Trinajstić information content (AvgIpc) is 2.53. The van der Waals surface area contributed by atoms with Gasteiger partial charge in [0.05, 0.1) is 11.0 Å². The molecule has 1 aliphatic carbocycles. The van der Waals surface area contributed by atoms with E-state index in [-0.39, 0.29) is 10.9 Å². The van der Waals surface area contributed by atoms with E-state index in [4.69, 9.17) is 11.8 Å². The number of benzene rings is 1. The Kier molecular flexibility index (Phi) is 6.65. The summed E-state index contributed by atoms with van der Waals surface area (Å²) in [5, 5.41) is 10.0. The minimum absolute atomic E-state index is 0.0211. The molecule has 1 fully saturated rings. The lowest BCUT2D eigenvalue weighted by Gasteiger charge is -2.22. The molecule has 3 N–H and O–H groups in total. The Hall–Kier alpha value is -0.660. The first-order chi connectivity index (χ1) is 10.5. The van der Waals surface area contributed by atoms with Gasteiger partial charge in [-0.25, -0.2) is 18.0 Å². The maximum Gasteiger partial charge on any atom is 0.240 e. The highest BCUT2D eigenvalue weighted by Crippen LogP contribution is 2.22. The molecule has 1 unspecified atom stereocenters. The molecule has 1 aromatic rings. The highest BCUT2D eigenvalue weighted by molar-refractivity contribution is 7.89. The van der Waals surface area contributed by atoms with Crippen LogP contribution in [-0.4, -0.2) is 26.1 Å². The zero-order chi connectivity index (χ0) is 16.0. The molecule has 7 heteroatoms. The monoisotopic (exact) mass is 346 g/mol. The second-order valence-corrected chi connectivity index (χ2v) is 7.70. The molecule has 0 aromatic heterocycles. The van der Waals surface area contributed by atoms with Crippen LogP contribution in [0.15, 0.2) is 29.2 Å². The minimum Gasteiger partial charge on any atom is -0.388 e. The normalized spacial score (nSPS) is 18.3. The van der Waals surface area contributed by atoms with Gasteiger partial charge in [-0.05, 0) is 48.7 Å². The Labute approximate surface area is 137 Å². The Balaban J connectivity index is 2.09. The first-order valence-electron chi connectivity index (χ1n) is 7.67. The fourth-order valence-electron chi connectivity index (χ4n) is 2.75. The summed E-state index contributed by atoms with van der Waals surface area (Å²) in [6, 6.07) is 6.49. The molecule has 1 aliphatic rings. The van der Waals surface area contributed by atoms with Crippen LogP contribution in [0.4, 0.5) is 0 Å². The van der Waals surface area contributed by atoms with E-state index in [2.05, 4.69) is 9.56 Å². The summed E-state index contributed by atoms with van der Waals surface area (Å²) < 4.78 is 27.7. The van der Waals surface area contributed by atoms with E-state index >= 15 is 0 Å². The van der Waals surface area contributed by atoms with Crippen molar-refractivity contribution in [2.24, 2.45) is 0 Å². The highest BCUT2D eigenvalue weighted by Gasteiger charge is 2.22. The van der Waals surface area contributed by atoms with Crippen LogP contribution in [0.1, 0.15) is 50.2 Å². The fraction of sp³-hybridized carbons (Fsp3) is 0.600. The SMILES string of the molecule is O=S(=O)(NC1CCCCC1)c1cccc(C(O)CCNCl)c1. The second-order valence-electron chi connectivity index (χ2n) is 5.72. The minimum atomic E-state index is -3.54. The lowest BCUT2D eigenvalue weighted by Crippen LogP contribution is -2.36. The lowest BCUT2D eigenvalue weighted by molar-refractivity contribution is 0.169. The van der Waals surface area contributed by atoms with E-state index in [1.165, 1.54) is 12.5 Å². The van der Waals surface area contributed by atoms with Gasteiger partial charge < -0.3 is 5.11 Å². The van der Waals surface area contributed by atoms with Crippen molar-refractivity contribution >= 4 is 21.8 Å². The quantitative estimate of drug-likeness (QED) is 0.663. The Bertz CT molecular complexity index is 574. The maximum atomic E-state index is 12.5. The molecule has 22 heavy (non-hydrogen) atoms. The first kappa shape index (κ1) is 17.7. The van der Waals surface area contributed by atoms with Crippen LogP contribution in [0.2, 0.25) is 0 Å². The Morgan fingerprint density at radius 3 is 2.68 bits per heavy atom. The Morgan fingerprint density at radius 2 is 2.00 bits per heavy atom. The van der Waals surface area contributed by atoms with Crippen LogP contribution < -0.4 is 9.56 Å². The largest absolute Gasteiger partial charge is 0.388 e. The highest BCUT2D eigenvalue weighted by atomic mass is 35.5. The average molecular weight is 347 g/mol. The zero-order valence-corrected chi connectivity index (χ0v) is 14.0. The van der Waals surface area contributed by atoms with Crippen LogP contribution in [0.3, 0.4) is 0 Å². The standard InChI is InChI=1S/C15H23ClN2O3S/c16-17-10-9-15(19)12-5-4-8-14(11-12)22(20,21)18-13-6-2-1-3-7-13/h4-5,8,11,13,15,17-19H,1-3,6-7,9-10H2. The van der Waals surface area contributed by atoms with Crippen LogP contribution in [0, 0.1) is 0 Å². The van der Waals surface area contributed by atoms with E-state index in [1.54, 1.807) is 18.2 Å². The first-order valence-corrected chi connectivity index (χ1v) is 9.53. The fourth-order valence-corrected chi connectivity index (χ4v) is 4.22. The molecule has 0 saturated heterocycles. The zero-order valence-electron chi connectivity index (χ0n) is 12.5. The summed E-state index contributed by atoms with van der Waals surface area (Å²) in [4.78, 5) is 2.65. The smallest absolute Gasteiger partial charge is 0.240 e. The van der Waals surface area contributed by atoms with Crippen molar-refractivity contribution in [3.05, 3.63) is 29.8 Å². The second kappa shape index (κ2) is 8.26. The third-order valence-electron chi connectivity index (χ3n) is 3.99. The molecule has 1 aromatic carbocycles. The van der Waals surface area contributed by atoms with Crippen molar-refractivity contribution in [3.8, 4) is 0 Å². The number of hydrogen-bond donors (Lipinski definition) is 3. The molecule has 0 heterocycles. The molecule has 124 valence electrons. The van der Waals surface area contributed by atoms with Crippen molar-refractivity contribution in [3.63, 3.8) is 0 Å². The molecule has 0 bridgehead atoms. The van der Waals surface area contributed by atoms with E-state index in [0.29, 0.717) is 18.5 Å². The van der Waals surface area contributed by atoms with Gasteiger partial charge in [0, 0.05) is 12.6 Å². The number of nitrogens with one attached hydrogen (secondary N) is 2. The van der Waals surface area contributed by atoms with Gasteiger partial charge in [0.15, 0.2) is 0 Å². The van der Waals surface area contributed by atoms with Crippen molar-refractivity contribution in [2.45, 2.75) is 55.6 Å². The number of halogens is 1. The molecule has 2 rings (SSSR count). The maximum absolute atomic E-state index is 12.5. The van der Waals surface area contributed by atoms with Crippen LogP contribution in [0.5, 0.6) is 0 Å². The summed E-state index contributed by atoms with van der Waals surface area (Å²) in [6.07, 6.45) is 4.77. The molecule has 1 saturated carbocycles. The summed E-state index contributed by atoms with van der Waals surface area (Å²) in [7, 11) is -3.54. The molecule has 1 atom stereocenters. The number of aliphatic hydroxyl groups excluding tert-OH is 1. The van der Waals surface area contributed by atoms with Gasteiger partial charge in [0.2, 0.25) is 10.0 Å². The number of aliphatic hydroxyl groups is 1. The molecule has 0 amide bonds. The van der Waals surface area contributed by atoms with Crippen molar-refractivity contribution in [2.75, 3.05) is 6.54 Å². The number of hydrogen-bond acceptors (Lipinski definition) is 4. The summed E-state index contributed by atoms with van der Waals surface area (Å²) in [5.41, 5.74) is 0.582. The topological polar surface area (TPSA) is 78.4 Å². The van der Waals surface area contributed by atoms with Gasteiger partial charge >= 0.3 is 0 Å². The molecule has 5 nitrogen and oxygen atoms in total. The predicted octanol–water partition coefficient (Wildman–Crippen LogP) is 2.46. The van der Waals surface area contributed by atoms with Crippen molar-refractivity contribution in [1.29, 1.82) is 0 Å². The van der Waals surface area contributed by atoms with Crippen molar-refractivity contribution in [1.82, 2.24) is 9.56 Å². The molecule has 0 radical (unpaired) electrons. The molecular formula is C15H23ClN2O3S. The van der Waals surface area contributed by atoms with Gasteiger partial charge in [-0.15, -0.1) is 0 Å². The van der Waals surface area contributed by atoms with Gasteiger partial charge in [-0.2, -0.15) is 0 Å². The van der Waals surface area contributed by atoms with Gasteiger partial charge in [0.1, 0.15) is 0 Å². The lowest BCUT2D eigenvalue weighted by atomic mass is 9.96. The summed E-state index contributed by atoms with van der Waals surface area (Å²) in [5.74, 6) is 0. The third kappa shape index (κ3) is 4.93. The van der Waals surface area contributed by atoms with Crippen LogP contribution in [0.25, 0.3) is 0 Å². The van der Waals surface area contributed by atoms with Gasteiger partial charge in [0.25, 0.3) is 0 Å². The van der Waals surface area contributed by atoms with Crippen LogP contribution in [-0.2, 0) is 10.0 Å². The summed E-state index contributed by atoms with van der Waals surface area (Å²) >= 11 is 5.38. The van der Waals surface area contributed by atoms with E-state index in [0.717, 1.165) is 25.7 Å². The predicted molar refractivity (Wildman–Crippen MR) is 87.1 cm³/mol. The van der Waals surface area contributed by atoms with E-state index in [9.17, 15) is 13.5 Å². The number of sulfonamides is 1. The Morgan fingerprint density at radius 1 is 1.27 bits per heavy atom. The summed E-state index contributed by atoms with van der Waals surface area (Å²) in [6.45, 7) is 0.444. The van der Waals surface area contributed by atoms with Crippen molar-refractivity contribution < 1.29 is 13.5 Å².